The maximum Gasteiger partial charge on any atom is 0.335 e. The summed E-state index contributed by atoms with van der Waals surface area (Å²) in [5.41, 5.74) is 3.95. The van der Waals surface area contributed by atoms with E-state index in [1.165, 1.54) is 24.4 Å². The lowest BCUT2D eigenvalue weighted by Gasteiger charge is -2.13. The molecule has 4 heterocycles. The van der Waals surface area contributed by atoms with E-state index in [1.807, 2.05) is 0 Å². The predicted molar refractivity (Wildman–Crippen MR) is 106 cm³/mol. The van der Waals surface area contributed by atoms with Crippen LogP contribution in [0.4, 0.5) is 14.8 Å². The third-order valence-corrected chi connectivity index (χ3v) is 5.00. The number of methoxy groups -OCH3 is 1. The largest absolute Gasteiger partial charge is 0.495 e. The number of carbonyl (C=O) groups excluding carboxylic acids is 1. The number of benzene rings is 1. The number of anilines is 1. The van der Waals surface area contributed by atoms with Crippen LogP contribution in [0.1, 0.15) is 12.8 Å². The molecule has 0 aliphatic carbocycles. The lowest BCUT2D eigenvalue weighted by Crippen LogP contribution is -2.30. The Morgan fingerprint density at radius 3 is 2.84 bits per heavy atom. The maximum absolute atomic E-state index is 14.5. The number of pyridine rings is 1. The molecule has 0 bridgehead atoms. The van der Waals surface area contributed by atoms with Crippen LogP contribution in [0, 0.1) is 11.6 Å². The number of H-pyrrole nitrogens is 1. The number of amides is 1. The first-order valence-corrected chi connectivity index (χ1v) is 9.45. The highest BCUT2D eigenvalue weighted by Crippen LogP contribution is 2.39. The summed E-state index contributed by atoms with van der Waals surface area (Å²) in [5.74, 6) is -1.05. The van der Waals surface area contributed by atoms with Crippen LogP contribution in [0.2, 0.25) is 0 Å². The van der Waals surface area contributed by atoms with Gasteiger partial charge in [0.1, 0.15) is 17.4 Å². The van der Waals surface area contributed by atoms with Gasteiger partial charge in [-0.05, 0) is 24.6 Å². The number of aromatic amines is 1. The number of ether oxygens (including phenoxy) is 1. The van der Waals surface area contributed by atoms with E-state index in [1.54, 1.807) is 12.1 Å². The molecule has 0 atom stereocenters. The maximum atomic E-state index is 14.5. The summed E-state index contributed by atoms with van der Waals surface area (Å²) < 4.78 is 39.3. The van der Waals surface area contributed by atoms with E-state index < -0.39 is 11.6 Å². The minimum atomic E-state index is -0.767. The standard InChI is InChI=1S/C20H16F2N6O3/c1-30-11-4-5-14(23-9-11)18-16(12-7-10(21)8-13(22)17(12)24-18)19-25-26-20(31-19)27-28-6-2-3-15(28)29/h4-5,7-9,24H,2-3,6H2,1H3,(H,26,27). The third-order valence-electron chi connectivity index (χ3n) is 5.00. The van der Waals surface area contributed by atoms with Crippen LogP contribution in [0.5, 0.6) is 5.75 Å². The molecule has 1 saturated heterocycles. The number of carbonyl (C=O) groups is 1. The molecule has 11 heteroatoms. The zero-order chi connectivity index (χ0) is 21.5. The number of halogens is 2. The predicted octanol–water partition coefficient (Wildman–Crippen LogP) is 3.52. The molecule has 1 fully saturated rings. The lowest BCUT2D eigenvalue weighted by atomic mass is 10.1. The van der Waals surface area contributed by atoms with E-state index in [0.717, 1.165) is 12.5 Å². The van der Waals surface area contributed by atoms with Crippen molar-refractivity contribution in [2.75, 3.05) is 19.1 Å². The Kier molecular flexibility index (Phi) is 4.50. The van der Waals surface area contributed by atoms with Gasteiger partial charge in [0.15, 0.2) is 0 Å². The average Bonchev–Trinajstić information content (AvgIpc) is 3.47. The van der Waals surface area contributed by atoms with Crippen molar-refractivity contribution in [2.24, 2.45) is 0 Å². The third kappa shape index (κ3) is 3.33. The molecular weight excluding hydrogens is 410 g/mol. The van der Waals surface area contributed by atoms with Gasteiger partial charge in [-0.15, -0.1) is 5.10 Å². The molecule has 31 heavy (non-hydrogen) atoms. The van der Waals surface area contributed by atoms with Crippen molar-refractivity contribution in [3.8, 4) is 28.6 Å². The number of fused-ring (bicyclic) bond motifs is 1. The summed E-state index contributed by atoms with van der Waals surface area (Å²) in [4.78, 5) is 19.1. The molecule has 0 saturated carbocycles. The normalized spacial score (nSPS) is 13.9. The van der Waals surface area contributed by atoms with Gasteiger partial charge in [-0.1, -0.05) is 5.10 Å². The van der Waals surface area contributed by atoms with Crippen molar-refractivity contribution >= 4 is 22.8 Å². The second kappa shape index (κ2) is 7.35. The summed E-state index contributed by atoms with van der Waals surface area (Å²) in [5, 5.41) is 9.55. The number of hydrogen-bond acceptors (Lipinski definition) is 7. The van der Waals surface area contributed by atoms with Crippen LogP contribution in [-0.2, 0) is 4.79 Å². The first-order chi connectivity index (χ1) is 15.0. The molecule has 158 valence electrons. The molecule has 1 aliphatic heterocycles. The minimum absolute atomic E-state index is 0.00915. The molecule has 1 aromatic carbocycles. The number of hydrogen-bond donors (Lipinski definition) is 2. The molecular formula is C20H16F2N6O3. The first kappa shape index (κ1) is 19.0. The summed E-state index contributed by atoms with van der Waals surface area (Å²) in [7, 11) is 1.52. The Bertz CT molecular complexity index is 1280. The average molecular weight is 426 g/mol. The van der Waals surface area contributed by atoms with Gasteiger partial charge >= 0.3 is 6.01 Å². The lowest BCUT2D eigenvalue weighted by molar-refractivity contribution is -0.126. The summed E-state index contributed by atoms with van der Waals surface area (Å²) in [6.07, 6.45) is 2.66. The zero-order valence-electron chi connectivity index (χ0n) is 16.3. The van der Waals surface area contributed by atoms with E-state index in [0.29, 0.717) is 35.7 Å². The fourth-order valence-corrected chi connectivity index (χ4v) is 3.53. The SMILES string of the molecule is COc1ccc(-c2[nH]c3c(F)cc(F)cc3c2-c2nnc(NN3CCCC3=O)o2)nc1. The van der Waals surface area contributed by atoms with Crippen molar-refractivity contribution in [2.45, 2.75) is 12.8 Å². The first-order valence-electron chi connectivity index (χ1n) is 9.45. The molecule has 0 spiro atoms. The molecule has 2 N–H and O–H groups in total. The molecule has 9 nitrogen and oxygen atoms in total. The van der Waals surface area contributed by atoms with Crippen LogP contribution >= 0.6 is 0 Å². The van der Waals surface area contributed by atoms with Crippen LogP contribution in [0.3, 0.4) is 0 Å². The number of nitrogens with one attached hydrogen (secondary N) is 2. The second-order valence-electron chi connectivity index (χ2n) is 6.94. The number of nitrogens with zero attached hydrogens (tertiary/aromatic N) is 4. The molecule has 5 rings (SSSR count). The topological polar surface area (TPSA) is 109 Å². The molecule has 0 radical (unpaired) electrons. The Hall–Kier alpha value is -4.02. The Labute approximate surface area is 174 Å². The van der Waals surface area contributed by atoms with Crippen LogP contribution in [-0.4, -0.2) is 44.7 Å². The summed E-state index contributed by atoms with van der Waals surface area (Å²) >= 11 is 0. The van der Waals surface area contributed by atoms with Crippen LogP contribution < -0.4 is 10.2 Å². The molecule has 0 unspecified atom stereocenters. The Morgan fingerprint density at radius 1 is 1.26 bits per heavy atom. The van der Waals surface area contributed by atoms with Gasteiger partial charge in [0.25, 0.3) is 5.89 Å². The van der Waals surface area contributed by atoms with E-state index in [2.05, 4.69) is 25.6 Å². The van der Waals surface area contributed by atoms with E-state index in [4.69, 9.17) is 9.15 Å². The molecule has 4 aromatic rings. The van der Waals surface area contributed by atoms with Gasteiger partial charge < -0.3 is 14.1 Å². The molecule has 1 aliphatic rings. The summed E-state index contributed by atoms with van der Waals surface area (Å²) in [6.45, 7) is 0.515. The molecule has 1 amide bonds. The zero-order valence-corrected chi connectivity index (χ0v) is 16.3. The number of aromatic nitrogens is 4. The summed E-state index contributed by atoms with van der Waals surface area (Å²) in [6, 6.07) is 5.31. The van der Waals surface area contributed by atoms with Gasteiger partial charge in [-0.25, -0.2) is 14.2 Å². The van der Waals surface area contributed by atoms with Crippen LogP contribution in [0.25, 0.3) is 33.7 Å². The van der Waals surface area contributed by atoms with Crippen molar-refractivity contribution in [1.29, 1.82) is 0 Å². The number of hydrazine groups is 1. The van der Waals surface area contributed by atoms with E-state index >= 15 is 0 Å². The highest BCUT2D eigenvalue weighted by Gasteiger charge is 2.25. The van der Waals surface area contributed by atoms with Crippen molar-refractivity contribution in [3.05, 3.63) is 42.1 Å². The van der Waals surface area contributed by atoms with Crippen molar-refractivity contribution < 1.29 is 22.7 Å². The van der Waals surface area contributed by atoms with Gasteiger partial charge in [0, 0.05) is 24.4 Å². The Balaban J connectivity index is 1.63. The van der Waals surface area contributed by atoms with Crippen LogP contribution in [0.15, 0.2) is 34.9 Å². The van der Waals surface area contributed by atoms with E-state index in [9.17, 15) is 13.6 Å². The second-order valence-corrected chi connectivity index (χ2v) is 6.94. The fourth-order valence-electron chi connectivity index (χ4n) is 3.53. The monoisotopic (exact) mass is 426 g/mol. The van der Waals surface area contributed by atoms with Gasteiger partial charge in [0.05, 0.1) is 35.8 Å². The van der Waals surface area contributed by atoms with Gasteiger partial charge in [-0.3, -0.25) is 14.8 Å². The molecule has 3 aromatic heterocycles. The highest BCUT2D eigenvalue weighted by atomic mass is 19.1. The van der Waals surface area contributed by atoms with Gasteiger partial charge in [0.2, 0.25) is 5.91 Å². The number of rotatable bonds is 5. The van der Waals surface area contributed by atoms with Crippen molar-refractivity contribution in [3.63, 3.8) is 0 Å². The van der Waals surface area contributed by atoms with Gasteiger partial charge in [-0.2, -0.15) is 0 Å². The smallest absolute Gasteiger partial charge is 0.335 e. The Morgan fingerprint density at radius 2 is 2.13 bits per heavy atom. The van der Waals surface area contributed by atoms with E-state index in [-0.39, 0.29) is 28.7 Å². The minimum Gasteiger partial charge on any atom is -0.495 e. The fraction of sp³-hybridized carbons (Fsp3) is 0.200. The highest BCUT2D eigenvalue weighted by molar-refractivity contribution is 6.01. The quantitative estimate of drug-likeness (QED) is 0.503. The van der Waals surface area contributed by atoms with Crippen molar-refractivity contribution in [1.82, 2.24) is 25.2 Å².